The molecule has 1 aliphatic heterocycles. The number of thioether (sulfide) groups is 1. The van der Waals surface area contributed by atoms with Crippen LogP contribution in [-0.2, 0) is 0 Å². The van der Waals surface area contributed by atoms with Crippen LogP contribution in [0, 0.1) is 0 Å². The van der Waals surface area contributed by atoms with Gasteiger partial charge in [0.05, 0.1) is 23.3 Å². The molecule has 2 aromatic rings. The summed E-state index contributed by atoms with van der Waals surface area (Å²) in [6, 6.07) is 5.95. The molecule has 0 spiro atoms. The molecule has 1 aromatic heterocycles. The standard InChI is InChI=1S/C12H13ClN2S2.ClH/c13-8-1-2-11-10(7-8)15-12(17-11)16-9-3-5-14-6-4-9;/h1-2,7,9,14H,3-6H2;1H. The van der Waals surface area contributed by atoms with Crippen molar-refractivity contribution in [3.8, 4) is 0 Å². The topological polar surface area (TPSA) is 29.5 Å². The smallest absolute Gasteiger partial charge is 0.151 e. The first-order valence-corrected chi connectivity index (χ1v) is 7.93. The molecule has 0 amide bonds. The third kappa shape index (κ3) is 3.31. The number of nitrogens with two attached hydrogens (primary N) is 1. The highest BCUT2D eigenvalue weighted by Gasteiger charge is 2.18. The Labute approximate surface area is 126 Å². The maximum Gasteiger partial charge on any atom is 0.151 e. The molecule has 1 fully saturated rings. The molecule has 0 bridgehead atoms. The Morgan fingerprint density at radius 2 is 2.11 bits per heavy atom. The van der Waals surface area contributed by atoms with Crippen LogP contribution >= 0.6 is 34.7 Å². The fourth-order valence-corrected chi connectivity index (χ4v) is 4.74. The molecule has 1 aliphatic rings. The van der Waals surface area contributed by atoms with Crippen molar-refractivity contribution in [2.24, 2.45) is 0 Å². The zero-order valence-corrected chi connectivity index (χ0v) is 12.9. The third-order valence-corrected chi connectivity index (χ3v) is 5.69. The predicted octanol–water partition coefficient (Wildman–Crippen LogP) is -0.228. The van der Waals surface area contributed by atoms with E-state index in [1.807, 2.05) is 23.9 Å². The van der Waals surface area contributed by atoms with Gasteiger partial charge in [-0.05, 0) is 18.2 Å². The molecular formula is C12H14Cl2N2S2. The average Bonchev–Trinajstić information content (AvgIpc) is 2.71. The van der Waals surface area contributed by atoms with Gasteiger partial charge in [-0.15, -0.1) is 11.3 Å². The van der Waals surface area contributed by atoms with E-state index in [0.29, 0.717) is 0 Å². The van der Waals surface area contributed by atoms with Crippen LogP contribution in [-0.4, -0.2) is 23.3 Å². The molecule has 0 aliphatic carbocycles. The van der Waals surface area contributed by atoms with E-state index >= 15 is 0 Å². The van der Waals surface area contributed by atoms with Gasteiger partial charge < -0.3 is 17.7 Å². The van der Waals surface area contributed by atoms with Gasteiger partial charge in [-0.1, -0.05) is 23.4 Å². The minimum atomic E-state index is 0. The Kier molecular flexibility index (Phi) is 5.15. The van der Waals surface area contributed by atoms with Crippen molar-refractivity contribution < 1.29 is 17.7 Å². The normalized spacial score (nSPS) is 16.7. The van der Waals surface area contributed by atoms with E-state index in [4.69, 9.17) is 11.6 Å². The highest BCUT2D eigenvalue weighted by molar-refractivity contribution is 8.01. The predicted molar refractivity (Wildman–Crippen MR) is 75.2 cm³/mol. The Bertz CT molecular complexity index is 524. The van der Waals surface area contributed by atoms with Gasteiger partial charge in [-0.2, -0.15) is 0 Å². The lowest BCUT2D eigenvalue weighted by atomic mass is 10.2. The molecule has 0 unspecified atom stereocenters. The monoisotopic (exact) mass is 320 g/mol. The molecule has 98 valence electrons. The maximum atomic E-state index is 5.97. The Morgan fingerprint density at radius 1 is 1.33 bits per heavy atom. The minimum absolute atomic E-state index is 0. The van der Waals surface area contributed by atoms with Crippen molar-refractivity contribution in [1.29, 1.82) is 0 Å². The summed E-state index contributed by atoms with van der Waals surface area (Å²) in [7, 11) is 0. The van der Waals surface area contributed by atoms with E-state index in [2.05, 4.69) is 16.4 Å². The van der Waals surface area contributed by atoms with Crippen molar-refractivity contribution in [2.75, 3.05) is 13.1 Å². The minimum Gasteiger partial charge on any atom is -1.00 e. The number of benzene rings is 1. The number of thiazole rings is 1. The fraction of sp³-hybridized carbons (Fsp3) is 0.417. The molecule has 2 heterocycles. The molecule has 1 aromatic carbocycles. The maximum absolute atomic E-state index is 5.97. The quantitative estimate of drug-likeness (QED) is 0.828. The number of nitrogens with zero attached hydrogens (tertiary/aromatic N) is 1. The lowest BCUT2D eigenvalue weighted by Gasteiger charge is -2.18. The van der Waals surface area contributed by atoms with Crippen LogP contribution < -0.4 is 17.7 Å². The summed E-state index contributed by atoms with van der Waals surface area (Å²) < 4.78 is 2.42. The van der Waals surface area contributed by atoms with Gasteiger partial charge in [0, 0.05) is 23.1 Å². The van der Waals surface area contributed by atoms with Gasteiger partial charge in [-0.25, -0.2) is 4.98 Å². The number of piperidine rings is 1. The zero-order valence-electron chi connectivity index (χ0n) is 9.73. The Hall–Kier alpha value is -0.000000000000000111. The molecule has 0 atom stereocenters. The van der Waals surface area contributed by atoms with E-state index in [1.165, 1.54) is 35.0 Å². The zero-order chi connectivity index (χ0) is 11.7. The van der Waals surface area contributed by atoms with Crippen molar-refractivity contribution in [3.63, 3.8) is 0 Å². The molecule has 1 saturated heterocycles. The van der Waals surface area contributed by atoms with Crippen molar-refractivity contribution in [1.82, 2.24) is 4.98 Å². The van der Waals surface area contributed by atoms with Gasteiger partial charge in [-0.3, -0.25) is 0 Å². The van der Waals surface area contributed by atoms with Crippen LogP contribution in [0.1, 0.15) is 12.8 Å². The lowest BCUT2D eigenvalue weighted by Crippen LogP contribution is -3.00. The highest BCUT2D eigenvalue weighted by Crippen LogP contribution is 2.35. The van der Waals surface area contributed by atoms with Gasteiger partial charge in [0.25, 0.3) is 0 Å². The SMILES string of the molecule is Clc1ccc2sc(SC3CC[NH2+]CC3)nc2c1.[Cl-]. The molecular weight excluding hydrogens is 307 g/mol. The molecule has 18 heavy (non-hydrogen) atoms. The van der Waals surface area contributed by atoms with Crippen LogP contribution in [0.15, 0.2) is 22.5 Å². The summed E-state index contributed by atoms with van der Waals surface area (Å²) in [6.45, 7) is 2.52. The summed E-state index contributed by atoms with van der Waals surface area (Å²) in [5, 5.41) is 3.91. The van der Waals surface area contributed by atoms with E-state index < -0.39 is 0 Å². The van der Waals surface area contributed by atoms with Crippen molar-refractivity contribution in [2.45, 2.75) is 22.4 Å². The Balaban J connectivity index is 0.00000120. The van der Waals surface area contributed by atoms with Gasteiger partial charge >= 0.3 is 0 Å². The van der Waals surface area contributed by atoms with Crippen LogP contribution in [0.25, 0.3) is 10.2 Å². The highest BCUT2D eigenvalue weighted by atomic mass is 35.5. The third-order valence-electron chi connectivity index (χ3n) is 2.98. The Morgan fingerprint density at radius 3 is 2.89 bits per heavy atom. The molecule has 2 nitrogen and oxygen atoms in total. The van der Waals surface area contributed by atoms with Crippen molar-refractivity contribution in [3.05, 3.63) is 23.2 Å². The molecule has 0 radical (unpaired) electrons. The second-order valence-electron chi connectivity index (χ2n) is 4.28. The molecule has 0 saturated carbocycles. The number of hydrogen-bond donors (Lipinski definition) is 1. The molecule has 3 rings (SSSR count). The summed E-state index contributed by atoms with van der Waals surface area (Å²) in [5.41, 5.74) is 1.03. The van der Waals surface area contributed by atoms with E-state index in [0.717, 1.165) is 15.8 Å². The number of rotatable bonds is 2. The van der Waals surface area contributed by atoms with Crippen LogP contribution in [0.3, 0.4) is 0 Å². The van der Waals surface area contributed by atoms with Crippen LogP contribution in [0.5, 0.6) is 0 Å². The van der Waals surface area contributed by atoms with Gasteiger partial charge in [0.15, 0.2) is 4.34 Å². The second kappa shape index (κ2) is 6.44. The summed E-state index contributed by atoms with van der Waals surface area (Å²) >= 11 is 9.70. The van der Waals surface area contributed by atoms with E-state index in [1.54, 1.807) is 11.3 Å². The molecule has 6 heteroatoms. The van der Waals surface area contributed by atoms with Gasteiger partial charge in [0.1, 0.15) is 0 Å². The first-order valence-electron chi connectivity index (χ1n) is 5.86. The largest absolute Gasteiger partial charge is 1.00 e. The summed E-state index contributed by atoms with van der Waals surface area (Å²) in [5.74, 6) is 0. The van der Waals surface area contributed by atoms with Crippen LogP contribution in [0.4, 0.5) is 0 Å². The number of halogens is 2. The lowest BCUT2D eigenvalue weighted by molar-refractivity contribution is -0.661. The number of aromatic nitrogens is 1. The van der Waals surface area contributed by atoms with Gasteiger partial charge in [0.2, 0.25) is 0 Å². The number of hydrogen-bond acceptors (Lipinski definition) is 3. The molecule has 2 N–H and O–H groups in total. The second-order valence-corrected chi connectivity index (χ2v) is 7.29. The van der Waals surface area contributed by atoms with Crippen molar-refractivity contribution >= 4 is 44.9 Å². The first-order chi connectivity index (χ1) is 8.31. The fourth-order valence-electron chi connectivity index (χ4n) is 2.09. The number of fused-ring (bicyclic) bond motifs is 1. The van der Waals surface area contributed by atoms with E-state index in [9.17, 15) is 0 Å². The summed E-state index contributed by atoms with van der Waals surface area (Å²) in [4.78, 5) is 4.65. The van der Waals surface area contributed by atoms with E-state index in [-0.39, 0.29) is 12.4 Å². The first kappa shape index (κ1) is 14.4. The summed E-state index contributed by atoms with van der Waals surface area (Å²) in [6.07, 6.45) is 2.59. The average molecular weight is 321 g/mol. The number of quaternary nitrogens is 1. The van der Waals surface area contributed by atoms with Crippen LogP contribution in [0.2, 0.25) is 5.02 Å².